The molecule has 0 bridgehead atoms. The molecule has 0 unspecified atom stereocenters. The molecule has 4 rings (SSSR count). The molecule has 0 aliphatic carbocycles. The molecule has 0 saturated carbocycles. The van der Waals surface area contributed by atoms with Crippen LogP contribution in [0, 0.1) is 0 Å². The van der Waals surface area contributed by atoms with Gasteiger partial charge in [0.15, 0.2) is 0 Å². The van der Waals surface area contributed by atoms with Crippen LogP contribution in [-0.2, 0) is 16.1 Å². The SMILES string of the molecule is COc1ccc(CN2CC[C@](C)(N3C(=O)OC[C@@H]3c3ccccc3)C2=O)cc1. The Kier molecular flexibility index (Phi) is 4.71. The molecular weight excluding hydrogens is 356 g/mol. The van der Waals surface area contributed by atoms with Crippen LogP contribution in [0.25, 0.3) is 0 Å². The highest BCUT2D eigenvalue weighted by atomic mass is 16.6. The maximum atomic E-state index is 13.3. The van der Waals surface area contributed by atoms with Gasteiger partial charge in [-0.15, -0.1) is 0 Å². The molecular formula is C22H24N2O4. The summed E-state index contributed by atoms with van der Waals surface area (Å²) in [6.45, 7) is 3.24. The molecule has 2 aromatic carbocycles. The first kappa shape index (κ1) is 18.3. The summed E-state index contributed by atoms with van der Waals surface area (Å²) in [7, 11) is 1.63. The Morgan fingerprint density at radius 3 is 2.50 bits per heavy atom. The molecule has 0 radical (unpaired) electrons. The van der Waals surface area contributed by atoms with E-state index >= 15 is 0 Å². The summed E-state index contributed by atoms with van der Waals surface area (Å²) >= 11 is 0. The highest BCUT2D eigenvalue weighted by molar-refractivity contribution is 5.92. The molecule has 146 valence electrons. The predicted octanol–water partition coefficient (Wildman–Crippen LogP) is 3.38. The number of ether oxygens (including phenoxy) is 2. The maximum Gasteiger partial charge on any atom is 0.411 e. The van der Waals surface area contributed by atoms with Crippen molar-refractivity contribution >= 4 is 12.0 Å². The van der Waals surface area contributed by atoms with Crippen LogP contribution in [0.4, 0.5) is 4.79 Å². The van der Waals surface area contributed by atoms with Crippen molar-refractivity contribution in [1.29, 1.82) is 0 Å². The van der Waals surface area contributed by atoms with Crippen LogP contribution >= 0.6 is 0 Å². The van der Waals surface area contributed by atoms with Crippen LogP contribution in [0.15, 0.2) is 54.6 Å². The van der Waals surface area contributed by atoms with Crippen molar-refractivity contribution in [3.8, 4) is 5.75 Å². The van der Waals surface area contributed by atoms with E-state index in [4.69, 9.17) is 9.47 Å². The minimum Gasteiger partial charge on any atom is -0.497 e. The summed E-state index contributed by atoms with van der Waals surface area (Å²) < 4.78 is 10.5. The van der Waals surface area contributed by atoms with Crippen LogP contribution < -0.4 is 4.74 Å². The standard InChI is InChI=1S/C22H24N2O4/c1-22(24-19(15-28-21(24)26)17-6-4-3-5-7-17)12-13-23(20(22)25)14-16-8-10-18(27-2)11-9-16/h3-11,19H,12-15H2,1-2H3/t19-,22+/m1/s1. The third-order valence-electron chi connectivity index (χ3n) is 5.74. The minimum absolute atomic E-state index is 0.0388. The third kappa shape index (κ3) is 3.09. The Morgan fingerprint density at radius 2 is 1.82 bits per heavy atom. The van der Waals surface area contributed by atoms with Crippen LogP contribution in [-0.4, -0.2) is 47.6 Å². The van der Waals surface area contributed by atoms with Gasteiger partial charge in [-0.1, -0.05) is 42.5 Å². The first-order valence-corrected chi connectivity index (χ1v) is 9.46. The van der Waals surface area contributed by atoms with Crippen molar-refractivity contribution in [3.05, 3.63) is 65.7 Å². The molecule has 2 fully saturated rings. The Labute approximate surface area is 164 Å². The zero-order chi connectivity index (χ0) is 19.7. The number of likely N-dealkylation sites (tertiary alicyclic amines) is 1. The summed E-state index contributed by atoms with van der Waals surface area (Å²) in [4.78, 5) is 29.3. The fraction of sp³-hybridized carbons (Fsp3) is 0.364. The lowest BCUT2D eigenvalue weighted by Crippen LogP contribution is -2.53. The first-order valence-electron chi connectivity index (χ1n) is 9.46. The van der Waals surface area contributed by atoms with Crippen LogP contribution in [0.3, 0.4) is 0 Å². The summed E-state index contributed by atoms with van der Waals surface area (Å²) in [5.41, 5.74) is 1.11. The van der Waals surface area contributed by atoms with Crippen molar-refractivity contribution in [3.63, 3.8) is 0 Å². The number of hydrogen-bond donors (Lipinski definition) is 0. The molecule has 0 aromatic heterocycles. The molecule has 2 aromatic rings. The lowest BCUT2D eigenvalue weighted by molar-refractivity contribution is -0.137. The second-order valence-electron chi connectivity index (χ2n) is 7.47. The van der Waals surface area contributed by atoms with Gasteiger partial charge in [0.05, 0.1) is 13.2 Å². The molecule has 2 saturated heterocycles. The summed E-state index contributed by atoms with van der Waals surface area (Å²) in [6.07, 6.45) is 0.163. The van der Waals surface area contributed by atoms with Crippen LogP contribution in [0.1, 0.15) is 30.5 Å². The molecule has 28 heavy (non-hydrogen) atoms. The quantitative estimate of drug-likeness (QED) is 0.798. The van der Waals surface area contributed by atoms with Gasteiger partial charge in [-0.05, 0) is 36.6 Å². The van der Waals surface area contributed by atoms with Gasteiger partial charge < -0.3 is 14.4 Å². The lowest BCUT2D eigenvalue weighted by atomic mass is 9.94. The number of hydrogen-bond acceptors (Lipinski definition) is 4. The molecule has 6 heteroatoms. The summed E-state index contributed by atoms with van der Waals surface area (Å²) in [5.74, 6) is 0.745. The van der Waals surface area contributed by atoms with Gasteiger partial charge in [-0.2, -0.15) is 0 Å². The molecule has 2 aliphatic heterocycles. The Morgan fingerprint density at radius 1 is 1.11 bits per heavy atom. The highest BCUT2D eigenvalue weighted by Crippen LogP contribution is 2.40. The zero-order valence-electron chi connectivity index (χ0n) is 16.1. The minimum atomic E-state index is -0.902. The topological polar surface area (TPSA) is 59.1 Å². The fourth-order valence-corrected chi connectivity index (χ4v) is 4.11. The van der Waals surface area contributed by atoms with Gasteiger partial charge in [-0.25, -0.2) is 4.79 Å². The van der Waals surface area contributed by atoms with Crippen molar-refractivity contribution in [2.75, 3.05) is 20.3 Å². The molecule has 0 spiro atoms. The normalized spacial score (nSPS) is 24.6. The average molecular weight is 380 g/mol. The van der Waals surface area contributed by atoms with Gasteiger partial charge in [0.25, 0.3) is 0 Å². The van der Waals surface area contributed by atoms with E-state index < -0.39 is 11.6 Å². The van der Waals surface area contributed by atoms with Crippen molar-refractivity contribution in [1.82, 2.24) is 9.80 Å². The van der Waals surface area contributed by atoms with Crippen molar-refractivity contribution in [2.24, 2.45) is 0 Å². The average Bonchev–Trinajstić information content (AvgIpc) is 3.25. The van der Waals surface area contributed by atoms with E-state index in [0.717, 1.165) is 16.9 Å². The Balaban J connectivity index is 1.55. The van der Waals surface area contributed by atoms with E-state index in [9.17, 15) is 9.59 Å². The number of benzene rings is 2. The molecule has 2 amide bonds. The Hall–Kier alpha value is -3.02. The molecule has 2 heterocycles. The third-order valence-corrected chi connectivity index (χ3v) is 5.74. The van der Waals surface area contributed by atoms with E-state index in [2.05, 4.69) is 0 Å². The van der Waals surface area contributed by atoms with E-state index in [1.54, 1.807) is 12.0 Å². The van der Waals surface area contributed by atoms with E-state index in [1.165, 1.54) is 0 Å². The lowest BCUT2D eigenvalue weighted by Gasteiger charge is -2.36. The van der Waals surface area contributed by atoms with E-state index in [1.807, 2.05) is 66.4 Å². The predicted molar refractivity (Wildman–Crippen MR) is 104 cm³/mol. The van der Waals surface area contributed by atoms with Gasteiger partial charge >= 0.3 is 6.09 Å². The molecule has 6 nitrogen and oxygen atoms in total. The maximum absolute atomic E-state index is 13.3. The second kappa shape index (κ2) is 7.19. The van der Waals surface area contributed by atoms with Gasteiger partial charge in [0.1, 0.15) is 17.9 Å². The van der Waals surface area contributed by atoms with E-state index in [-0.39, 0.29) is 18.6 Å². The number of methoxy groups -OCH3 is 1. The summed E-state index contributed by atoms with van der Waals surface area (Å²) in [6, 6.07) is 17.2. The number of carbonyl (C=O) groups is 2. The van der Waals surface area contributed by atoms with Crippen LogP contribution in [0.5, 0.6) is 5.75 Å². The van der Waals surface area contributed by atoms with Crippen molar-refractivity contribution in [2.45, 2.75) is 31.5 Å². The van der Waals surface area contributed by atoms with Gasteiger partial charge in [0.2, 0.25) is 5.91 Å². The number of nitrogens with zero attached hydrogens (tertiary/aromatic N) is 2. The fourth-order valence-electron chi connectivity index (χ4n) is 4.11. The smallest absolute Gasteiger partial charge is 0.411 e. The largest absolute Gasteiger partial charge is 0.497 e. The van der Waals surface area contributed by atoms with Gasteiger partial charge in [-0.3, -0.25) is 9.69 Å². The van der Waals surface area contributed by atoms with Gasteiger partial charge in [0, 0.05) is 13.1 Å². The highest BCUT2D eigenvalue weighted by Gasteiger charge is 2.54. The molecule has 2 atom stereocenters. The molecule has 0 N–H and O–H groups in total. The zero-order valence-corrected chi connectivity index (χ0v) is 16.1. The van der Waals surface area contributed by atoms with E-state index in [0.29, 0.717) is 19.5 Å². The number of carbonyl (C=O) groups excluding carboxylic acids is 2. The van der Waals surface area contributed by atoms with Crippen molar-refractivity contribution < 1.29 is 19.1 Å². The monoisotopic (exact) mass is 380 g/mol. The number of cyclic esters (lactones) is 1. The first-order chi connectivity index (χ1) is 13.5. The number of amides is 2. The summed E-state index contributed by atoms with van der Waals surface area (Å²) in [5, 5.41) is 0. The Bertz CT molecular complexity index is 868. The molecule has 2 aliphatic rings. The number of rotatable bonds is 5. The van der Waals surface area contributed by atoms with Crippen LogP contribution in [0.2, 0.25) is 0 Å². The second-order valence-corrected chi connectivity index (χ2v) is 7.47.